The second-order valence-corrected chi connectivity index (χ2v) is 7.36. The fraction of sp³-hybridized carbons (Fsp3) is 0.684. The summed E-state index contributed by atoms with van der Waals surface area (Å²) in [5, 5.41) is 0. The van der Waals surface area contributed by atoms with E-state index in [-0.39, 0.29) is 5.75 Å². The summed E-state index contributed by atoms with van der Waals surface area (Å²) in [6, 6.07) is 7.02. The number of halogens is 2. The van der Waals surface area contributed by atoms with Crippen LogP contribution in [-0.4, -0.2) is 62.9 Å². The van der Waals surface area contributed by atoms with Gasteiger partial charge < -0.3 is 14.4 Å². The Kier molecular flexibility index (Phi) is 6.25. The van der Waals surface area contributed by atoms with Crippen LogP contribution >= 0.6 is 0 Å². The lowest BCUT2D eigenvalue weighted by Gasteiger charge is -2.40. The molecule has 3 rings (SSSR count). The number of hydrogen-bond acceptors (Lipinski definition) is 4. The summed E-state index contributed by atoms with van der Waals surface area (Å²) in [7, 11) is 1.76. The number of piperidine rings is 1. The molecule has 0 N–H and O–H groups in total. The van der Waals surface area contributed by atoms with Crippen LogP contribution in [0.3, 0.4) is 0 Å². The maximum atomic E-state index is 12.2. The summed E-state index contributed by atoms with van der Waals surface area (Å²) in [6.45, 7) is 4.48. The van der Waals surface area contributed by atoms with Crippen LogP contribution in [0.2, 0.25) is 0 Å². The molecule has 0 aromatic heterocycles. The molecule has 0 amide bonds. The molecule has 2 fully saturated rings. The fourth-order valence-electron chi connectivity index (χ4n) is 4.25. The first-order chi connectivity index (χ1) is 12.1. The number of methoxy groups -OCH3 is 1. The highest BCUT2D eigenvalue weighted by Crippen LogP contribution is 2.39. The van der Waals surface area contributed by atoms with Crippen LogP contribution in [0.15, 0.2) is 24.3 Å². The summed E-state index contributed by atoms with van der Waals surface area (Å²) >= 11 is 0. The Bertz CT molecular complexity index is 541. The summed E-state index contributed by atoms with van der Waals surface area (Å²) in [5.74, 6) is 0.220. The standard InChI is InChI=1S/C19H28F2N2O2/c1-24-12-11-22-9-2-7-19(14-22)8-10-23(15-19)13-16-3-5-17(6-4-16)25-18(20)21/h3-6,18H,2,7-15H2,1H3. The first-order valence-corrected chi connectivity index (χ1v) is 9.06. The Balaban J connectivity index is 1.52. The van der Waals surface area contributed by atoms with E-state index in [2.05, 4.69) is 14.5 Å². The van der Waals surface area contributed by atoms with Gasteiger partial charge in [0.1, 0.15) is 5.75 Å². The minimum atomic E-state index is -2.77. The molecule has 1 aromatic carbocycles. The van der Waals surface area contributed by atoms with E-state index in [1.165, 1.54) is 25.8 Å². The number of benzene rings is 1. The highest BCUT2D eigenvalue weighted by Gasteiger charge is 2.40. The molecule has 140 valence electrons. The van der Waals surface area contributed by atoms with Crippen LogP contribution in [0.4, 0.5) is 8.78 Å². The number of rotatable bonds is 7. The monoisotopic (exact) mass is 354 g/mol. The van der Waals surface area contributed by atoms with Crippen LogP contribution in [-0.2, 0) is 11.3 Å². The van der Waals surface area contributed by atoms with Gasteiger partial charge in [0, 0.05) is 33.3 Å². The van der Waals surface area contributed by atoms with E-state index < -0.39 is 6.61 Å². The summed E-state index contributed by atoms with van der Waals surface area (Å²) in [6.07, 6.45) is 3.80. The van der Waals surface area contributed by atoms with Crippen LogP contribution < -0.4 is 4.74 Å². The van der Waals surface area contributed by atoms with E-state index in [0.29, 0.717) is 5.41 Å². The second-order valence-electron chi connectivity index (χ2n) is 7.36. The maximum Gasteiger partial charge on any atom is 0.387 e. The van der Waals surface area contributed by atoms with Gasteiger partial charge in [-0.25, -0.2) is 0 Å². The summed E-state index contributed by atoms with van der Waals surface area (Å²) in [4.78, 5) is 5.02. The lowest BCUT2D eigenvalue weighted by molar-refractivity contribution is -0.0498. The molecule has 1 aromatic rings. The predicted molar refractivity (Wildman–Crippen MR) is 93.0 cm³/mol. The zero-order valence-corrected chi connectivity index (χ0v) is 14.9. The van der Waals surface area contributed by atoms with Gasteiger partial charge in [-0.15, -0.1) is 0 Å². The number of nitrogens with zero attached hydrogens (tertiary/aromatic N) is 2. The minimum Gasteiger partial charge on any atom is -0.435 e. The average molecular weight is 354 g/mol. The predicted octanol–water partition coefficient (Wildman–Crippen LogP) is 3.22. The van der Waals surface area contributed by atoms with Gasteiger partial charge >= 0.3 is 6.61 Å². The Morgan fingerprint density at radius 2 is 1.84 bits per heavy atom. The van der Waals surface area contributed by atoms with Crippen molar-refractivity contribution in [3.8, 4) is 5.75 Å². The molecule has 0 aliphatic carbocycles. The molecule has 6 heteroatoms. The number of likely N-dealkylation sites (tertiary alicyclic amines) is 2. The van der Waals surface area contributed by atoms with Gasteiger partial charge in [-0.05, 0) is 55.5 Å². The van der Waals surface area contributed by atoms with Crippen LogP contribution in [0, 0.1) is 5.41 Å². The van der Waals surface area contributed by atoms with Crippen molar-refractivity contribution in [2.45, 2.75) is 32.4 Å². The molecule has 1 atom stereocenters. The molecular weight excluding hydrogens is 326 g/mol. The van der Waals surface area contributed by atoms with Crippen molar-refractivity contribution in [1.29, 1.82) is 0 Å². The lowest BCUT2D eigenvalue weighted by atomic mass is 9.79. The van der Waals surface area contributed by atoms with Crippen molar-refractivity contribution in [3.63, 3.8) is 0 Å². The molecule has 4 nitrogen and oxygen atoms in total. The molecular formula is C19H28F2N2O2. The van der Waals surface area contributed by atoms with Gasteiger partial charge in [0.25, 0.3) is 0 Å². The second kappa shape index (κ2) is 8.43. The Morgan fingerprint density at radius 3 is 2.56 bits per heavy atom. The zero-order chi connectivity index (χ0) is 17.7. The first-order valence-electron chi connectivity index (χ1n) is 9.06. The third kappa shape index (κ3) is 5.12. The van der Waals surface area contributed by atoms with Crippen molar-refractivity contribution < 1.29 is 18.3 Å². The van der Waals surface area contributed by atoms with E-state index in [4.69, 9.17) is 4.74 Å². The average Bonchev–Trinajstić information content (AvgIpc) is 2.96. The van der Waals surface area contributed by atoms with Gasteiger partial charge in [0.15, 0.2) is 0 Å². The quantitative estimate of drug-likeness (QED) is 0.751. The van der Waals surface area contributed by atoms with Crippen molar-refractivity contribution in [3.05, 3.63) is 29.8 Å². The zero-order valence-electron chi connectivity index (χ0n) is 14.9. The van der Waals surface area contributed by atoms with Crippen LogP contribution in [0.5, 0.6) is 5.75 Å². The van der Waals surface area contributed by atoms with Crippen molar-refractivity contribution in [2.75, 3.05) is 46.4 Å². The smallest absolute Gasteiger partial charge is 0.387 e. The minimum absolute atomic E-state index is 0.220. The molecule has 2 aliphatic heterocycles. The highest BCUT2D eigenvalue weighted by molar-refractivity contribution is 5.27. The first kappa shape index (κ1) is 18.5. The molecule has 2 aliphatic rings. The summed E-state index contributed by atoms with van der Waals surface area (Å²) < 4.78 is 34.1. The maximum absolute atomic E-state index is 12.2. The fourth-order valence-corrected chi connectivity index (χ4v) is 4.25. The highest BCUT2D eigenvalue weighted by atomic mass is 19.3. The molecule has 25 heavy (non-hydrogen) atoms. The normalized spacial score (nSPS) is 25.1. The molecule has 0 saturated carbocycles. The van der Waals surface area contributed by atoms with E-state index in [1.54, 1.807) is 19.2 Å². The molecule has 0 radical (unpaired) electrons. The van der Waals surface area contributed by atoms with Crippen molar-refractivity contribution >= 4 is 0 Å². The molecule has 1 unspecified atom stereocenters. The topological polar surface area (TPSA) is 24.9 Å². The Morgan fingerprint density at radius 1 is 1.08 bits per heavy atom. The Labute approximate surface area is 148 Å². The van der Waals surface area contributed by atoms with Gasteiger partial charge in [-0.3, -0.25) is 4.90 Å². The summed E-state index contributed by atoms with van der Waals surface area (Å²) in [5.41, 5.74) is 1.55. The lowest BCUT2D eigenvalue weighted by Crippen LogP contribution is -2.45. The van der Waals surface area contributed by atoms with Gasteiger partial charge in [-0.1, -0.05) is 12.1 Å². The van der Waals surface area contributed by atoms with Gasteiger partial charge in [0.05, 0.1) is 6.61 Å². The molecule has 2 heterocycles. The molecule has 0 bridgehead atoms. The SMILES string of the molecule is COCCN1CCCC2(CCN(Cc3ccc(OC(F)F)cc3)C2)C1. The van der Waals surface area contributed by atoms with E-state index >= 15 is 0 Å². The largest absolute Gasteiger partial charge is 0.435 e. The van der Waals surface area contributed by atoms with E-state index in [0.717, 1.165) is 44.9 Å². The van der Waals surface area contributed by atoms with Crippen molar-refractivity contribution in [1.82, 2.24) is 9.80 Å². The third-order valence-corrected chi connectivity index (χ3v) is 5.42. The third-order valence-electron chi connectivity index (χ3n) is 5.42. The van der Waals surface area contributed by atoms with Gasteiger partial charge in [0.2, 0.25) is 0 Å². The van der Waals surface area contributed by atoms with E-state index in [9.17, 15) is 8.78 Å². The molecule has 2 saturated heterocycles. The van der Waals surface area contributed by atoms with Crippen LogP contribution in [0.25, 0.3) is 0 Å². The van der Waals surface area contributed by atoms with Gasteiger partial charge in [-0.2, -0.15) is 8.78 Å². The van der Waals surface area contributed by atoms with Crippen molar-refractivity contribution in [2.24, 2.45) is 5.41 Å². The number of alkyl halides is 2. The number of ether oxygens (including phenoxy) is 2. The van der Waals surface area contributed by atoms with E-state index in [1.807, 2.05) is 12.1 Å². The van der Waals surface area contributed by atoms with Crippen LogP contribution in [0.1, 0.15) is 24.8 Å². The Hall–Kier alpha value is -1.24. The number of hydrogen-bond donors (Lipinski definition) is 0. The molecule has 1 spiro atoms.